The second-order valence-corrected chi connectivity index (χ2v) is 6.47. The summed E-state index contributed by atoms with van der Waals surface area (Å²) in [6.07, 6.45) is 1.88. The highest BCUT2D eigenvalue weighted by atomic mass is 15.1. The molecule has 0 aliphatic carbocycles. The summed E-state index contributed by atoms with van der Waals surface area (Å²) in [5.41, 5.74) is 6.98. The normalized spacial score (nSPS) is 11.6. The van der Waals surface area contributed by atoms with Crippen molar-refractivity contribution in [2.24, 2.45) is 0 Å². The molecule has 0 saturated carbocycles. The Kier molecular flexibility index (Phi) is 5.09. The lowest BCUT2D eigenvalue weighted by Crippen LogP contribution is -2.21. The van der Waals surface area contributed by atoms with Gasteiger partial charge in [-0.15, -0.1) is 0 Å². The summed E-state index contributed by atoms with van der Waals surface area (Å²) in [6.45, 7) is 10.4. The summed E-state index contributed by atoms with van der Waals surface area (Å²) >= 11 is 0. The number of aryl methyl sites for hydroxylation is 2. The molecule has 3 aromatic rings. The highest BCUT2D eigenvalue weighted by Crippen LogP contribution is 2.23. The molecule has 0 amide bonds. The highest BCUT2D eigenvalue weighted by molar-refractivity contribution is 5.90. The van der Waals surface area contributed by atoms with Gasteiger partial charge in [0.1, 0.15) is 11.9 Å². The van der Waals surface area contributed by atoms with Crippen LogP contribution in [0.15, 0.2) is 36.4 Å². The van der Waals surface area contributed by atoms with Gasteiger partial charge in [-0.25, -0.2) is 4.98 Å². The van der Waals surface area contributed by atoms with E-state index in [4.69, 9.17) is 0 Å². The van der Waals surface area contributed by atoms with Crippen molar-refractivity contribution in [3.8, 4) is 6.07 Å². The first-order chi connectivity index (χ1) is 12.5. The lowest BCUT2D eigenvalue weighted by molar-refractivity contribution is 0.866. The number of allylic oxidation sites excluding steroid dienone is 1. The third-order valence-electron chi connectivity index (χ3n) is 4.81. The smallest absolute Gasteiger partial charge is 0.149 e. The molecule has 0 aliphatic heterocycles. The monoisotopic (exact) mass is 344 g/mol. The summed E-state index contributed by atoms with van der Waals surface area (Å²) in [5.74, 6) is 0.611. The van der Waals surface area contributed by atoms with E-state index in [1.807, 2.05) is 18.2 Å². The maximum atomic E-state index is 9.61. The van der Waals surface area contributed by atoms with Gasteiger partial charge in [0.15, 0.2) is 0 Å². The fourth-order valence-electron chi connectivity index (χ4n) is 3.09. The minimum absolute atomic E-state index is 0.534. The van der Waals surface area contributed by atoms with Crippen molar-refractivity contribution in [1.29, 1.82) is 5.26 Å². The molecule has 0 atom stereocenters. The Morgan fingerprint density at radius 2 is 1.77 bits per heavy atom. The molecule has 1 N–H and O–H groups in total. The number of nitriles is 1. The Balaban J connectivity index is 1.94. The Labute approximate surface area is 154 Å². The molecule has 0 spiro atoms. The fourth-order valence-corrected chi connectivity index (χ4v) is 3.09. The van der Waals surface area contributed by atoms with Gasteiger partial charge in [0.05, 0.1) is 16.6 Å². The zero-order valence-corrected chi connectivity index (χ0v) is 15.8. The number of nitrogens with zero attached hydrogens (tertiary/aromatic N) is 3. The molecule has 132 valence electrons. The van der Waals surface area contributed by atoms with Crippen LogP contribution < -0.4 is 4.90 Å². The van der Waals surface area contributed by atoms with Gasteiger partial charge in [-0.1, -0.05) is 12.1 Å². The van der Waals surface area contributed by atoms with Crippen LogP contribution >= 0.6 is 0 Å². The topological polar surface area (TPSA) is 55.7 Å². The number of rotatable bonds is 5. The van der Waals surface area contributed by atoms with Crippen molar-refractivity contribution in [2.75, 3.05) is 18.0 Å². The number of hydrogen-bond donors (Lipinski definition) is 1. The summed E-state index contributed by atoms with van der Waals surface area (Å²) in [6, 6.07) is 14.7. The number of nitrogens with one attached hydrogen (secondary N) is 1. The third-order valence-corrected chi connectivity index (χ3v) is 4.81. The zero-order chi connectivity index (χ0) is 18.7. The Bertz CT molecular complexity index is 944. The van der Waals surface area contributed by atoms with E-state index in [1.54, 1.807) is 0 Å². The molecular weight excluding hydrogens is 320 g/mol. The number of aromatic nitrogens is 2. The van der Waals surface area contributed by atoms with Crippen molar-refractivity contribution >= 4 is 28.4 Å². The maximum Gasteiger partial charge on any atom is 0.149 e. The predicted octanol–water partition coefficient (Wildman–Crippen LogP) is 5.09. The van der Waals surface area contributed by atoms with Crippen LogP contribution in [0.3, 0.4) is 0 Å². The molecule has 0 radical (unpaired) electrons. The molecule has 0 fully saturated rings. The first-order valence-electron chi connectivity index (χ1n) is 8.99. The van der Waals surface area contributed by atoms with Gasteiger partial charge < -0.3 is 9.88 Å². The van der Waals surface area contributed by atoms with Crippen LogP contribution in [0.4, 0.5) is 5.69 Å². The van der Waals surface area contributed by atoms with Gasteiger partial charge in [-0.2, -0.15) is 5.26 Å². The second kappa shape index (κ2) is 7.45. The van der Waals surface area contributed by atoms with E-state index >= 15 is 0 Å². The van der Waals surface area contributed by atoms with E-state index in [0.717, 1.165) is 29.7 Å². The van der Waals surface area contributed by atoms with E-state index < -0.39 is 0 Å². The number of H-pyrrole nitrogens is 1. The van der Waals surface area contributed by atoms with E-state index in [9.17, 15) is 5.26 Å². The quantitative estimate of drug-likeness (QED) is 0.656. The maximum absolute atomic E-state index is 9.61. The SMILES string of the molecule is CCN(CC)c1ccc(/C=C(\C#N)c2nc3cc(C)c(C)cc3[nH]2)cc1. The standard InChI is InChI=1S/C22H24N4/c1-5-26(6-2)19-9-7-17(8-10-19)13-18(14-23)22-24-20-11-15(3)16(4)12-21(20)25-22/h7-13H,5-6H2,1-4H3,(H,24,25)/b18-13+. The molecule has 4 nitrogen and oxygen atoms in total. The van der Waals surface area contributed by atoms with Crippen LogP contribution in [0.1, 0.15) is 36.4 Å². The molecule has 4 heteroatoms. The summed E-state index contributed by atoms with van der Waals surface area (Å²) in [4.78, 5) is 10.2. The molecule has 1 heterocycles. The van der Waals surface area contributed by atoms with Gasteiger partial charge in [0.2, 0.25) is 0 Å². The second-order valence-electron chi connectivity index (χ2n) is 6.47. The third kappa shape index (κ3) is 3.48. The summed E-state index contributed by atoms with van der Waals surface area (Å²) in [7, 11) is 0. The van der Waals surface area contributed by atoms with Crippen LogP contribution in [-0.2, 0) is 0 Å². The lowest BCUT2D eigenvalue weighted by Gasteiger charge is -2.20. The molecule has 0 aliphatic rings. The molecule has 0 saturated heterocycles. The minimum atomic E-state index is 0.534. The van der Waals surface area contributed by atoms with Gasteiger partial charge in [-0.05, 0) is 74.7 Å². The fraction of sp³-hybridized carbons (Fsp3) is 0.273. The number of imidazole rings is 1. The number of anilines is 1. The summed E-state index contributed by atoms with van der Waals surface area (Å²) in [5, 5.41) is 9.61. The number of benzene rings is 2. The largest absolute Gasteiger partial charge is 0.372 e. The Hall–Kier alpha value is -3.06. The average Bonchev–Trinajstić information content (AvgIpc) is 3.04. The first kappa shape index (κ1) is 17.8. The molecule has 0 bridgehead atoms. The first-order valence-corrected chi connectivity index (χ1v) is 8.99. The van der Waals surface area contributed by atoms with Crippen LogP contribution in [0.2, 0.25) is 0 Å². The molecule has 26 heavy (non-hydrogen) atoms. The Morgan fingerprint density at radius 1 is 1.12 bits per heavy atom. The van der Waals surface area contributed by atoms with Crippen molar-refractivity contribution < 1.29 is 0 Å². The van der Waals surface area contributed by atoms with E-state index in [0.29, 0.717) is 11.4 Å². The van der Waals surface area contributed by atoms with Crippen molar-refractivity contribution in [1.82, 2.24) is 9.97 Å². The van der Waals surface area contributed by atoms with Gasteiger partial charge in [0, 0.05) is 18.8 Å². The minimum Gasteiger partial charge on any atom is -0.372 e. The highest BCUT2D eigenvalue weighted by Gasteiger charge is 2.09. The molecule has 2 aromatic carbocycles. The van der Waals surface area contributed by atoms with Gasteiger partial charge in [-0.3, -0.25) is 0 Å². The predicted molar refractivity (Wildman–Crippen MR) is 109 cm³/mol. The van der Waals surface area contributed by atoms with Crippen LogP contribution in [0.5, 0.6) is 0 Å². The van der Waals surface area contributed by atoms with Crippen LogP contribution in [0.25, 0.3) is 22.7 Å². The van der Waals surface area contributed by atoms with E-state index in [2.05, 4.69) is 72.9 Å². The van der Waals surface area contributed by atoms with Crippen molar-refractivity contribution in [2.45, 2.75) is 27.7 Å². The van der Waals surface area contributed by atoms with E-state index in [1.165, 1.54) is 16.8 Å². The van der Waals surface area contributed by atoms with E-state index in [-0.39, 0.29) is 0 Å². The zero-order valence-electron chi connectivity index (χ0n) is 15.8. The average molecular weight is 344 g/mol. The van der Waals surface area contributed by atoms with Gasteiger partial charge in [0.25, 0.3) is 0 Å². The van der Waals surface area contributed by atoms with Crippen molar-refractivity contribution in [3.63, 3.8) is 0 Å². The van der Waals surface area contributed by atoms with Gasteiger partial charge >= 0.3 is 0 Å². The molecule has 3 rings (SSSR count). The number of aromatic amines is 1. The van der Waals surface area contributed by atoms with Crippen molar-refractivity contribution in [3.05, 3.63) is 58.9 Å². The lowest BCUT2D eigenvalue weighted by atomic mass is 10.1. The number of hydrogen-bond acceptors (Lipinski definition) is 3. The van der Waals surface area contributed by atoms with Crippen LogP contribution in [0, 0.1) is 25.2 Å². The molecule has 1 aromatic heterocycles. The molecule has 0 unspecified atom stereocenters. The molecular formula is C22H24N4. The number of fused-ring (bicyclic) bond motifs is 1. The van der Waals surface area contributed by atoms with Crippen LogP contribution in [-0.4, -0.2) is 23.1 Å². The Morgan fingerprint density at radius 3 is 2.38 bits per heavy atom. The summed E-state index contributed by atoms with van der Waals surface area (Å²) < 4.78 is 0.